The Morgan fingerprint density at radius 1 is 1.08 bits per heavy atom. The first kappa shape index (κ1) is 30.1. The van der Waals surface area contributed by atoms with Gasteiger partial charge in [0.1, 0.15) is 12.2 Å². The first-order chi connectivity index (χ1) is 17.0. The van der Waals surface area contributed by atoms with Crippen LogP contribution in [0.4, 0.5) is 0 Å². The third-order valence-electron chi connectivity index (χ3n) is 6.13. The van der Waals surface area contributed by atoms with Gasteiger partial charge in [-0.05, 0) is 81.3 Å². The van der Waals surface area contributed by atoms with Gasteiger partial charge in [0.25, 0.3) is 0 Å². The largest absolute Gasteiger partial charge is 0.466 e. The van der Waals surface area contributed by atoms with E-state index in [-0.39, 0.29) is 31.4 Å². The van der Waals surface area contributed by atoms with E-state index in [1.807, 2.05) is 0 Å². The summed E-state index contributed by atoms with van der Waals surface area (Å²) in [7, 11) is 0. The number of nitrogens with zero attached hydrogens (tertiary/aromatic N) is 1. The molecular weight excluding hydrogens is 530 g/mol. The van der Waals surface area contributed by atoms with Gasteiger partial charge in [0.05, 0.1) is 6.61 Å². The van der Waals surface area contributed by atoms with E-state index >= 15 is 0 Å². The highest BCUT2D eigenvalue weighted by molar-refractivity contribution is 9.10. The molecule has 2 rings (SSSR count). The predicted molar refractivity (Wildman–Crippen MR) is 137 cm³/mol. The van der Waals surface area contributed by atoms with Crippen LogP contribution in [0.2, 0.25) is 0 Å². The molecule has 1 aliphatic carbocycles. The van der Waals surface area contributed by atoms with Crippen molar-refractivity contribution in [2.45, 2.75) is 84.7 Å². The zero-order chi connectivity index (χ0) is 26.8. The molecule has 1 aromatic rings. The van der Waals surface area contributed by atoms with E-state index in [2.05, 4.69) is 20.9 Å². The maximum absolute atomic E-state index is 13.9. The quantitative estimate of drug-likeness (QED) is 0.180. The van der Waals surface area contributed by atoms with Crippen molar-refractivity contribution in [2.24, 2.45) is 11.3 Å². The minimum absolute atomic E-state index is 0.0430. The van der Waals surface area contributed by atoms with Crippen molar-refractivity contribution in [1.29, 1.82) is 0 Å². The number of ketones is 2. The van der Waals surface area contributed by atoms with E-state index in [4.69, 9.17) is 14.2 Å². The SMILES string of the molecule is CCOC(=O)CCCC(C(=O)COCC1CCCCC1)(C(=O)OC(C)(C)C)C(=O)c1cncc(Br)c1. The number of rotatable bonds is 13. The molecule has 1 aromatic heterocycles. The summed E-state index contributed by atoms with van der Waals surface area (Å²) in [6, 6.07) is 1.51. The number of pyridine rings is 1. The van der Waals surface area contributed by atoms with Crippen molar-refractivity contribution >= 4 is 39.4 Å². The number of carbonyl (C=O) groups is 4. The fourth-order valence-electron chi connectivity index (χ4n) is 4.36. The molecule has 1 fully saturated rings. The average molecular weight is 569 g/mol. The van der Waals surface area contributed by atoms with Crippen LogP contribution in [0.15, 0.2) is 22.9 Å². The van der Waals surface area contributed by atoms with Crippen molar-refractivity contribution in [1.82, 2.24) is 4.98 Å². The molecule has 1 unspecified atom stereocenters. The van der Waals surface area contributed by atoms with Gasteiger partial charge in [0.2, 0.25) is 0 Å². The molecule has 0 aliphatic heterocycles. The molecule has 8 nitrogen and oxygen atoms in total. The summed E-state index contributed by atoms with van der Waals surface area (Å²) in [6.07, 6.45) is 8.18. The van der Waals surface area contributed by atoms with Gasteiger partial charge in [0.15, 0.2) is 17.0 Å². The number of hydrogen-bond acceptors (Lipinski definition) is 8. The van der Waals surface area contributed by atoms with Crippen molar-refractivity contribution in [2.75, 3.05) is 19.8 Å². The van der Waals surface area contributed by atoms with E-state index in [1.54, 1.807) is 27.7 Å². The highest BCUT2D eigenvalue weighted by Crippen LogP contribution is 2.35. The lowest BCUT2D eigenvalue weighted by molar-refractivity contribution is -0.169. The summed E-state index contributed by atoms with van der Waals surface area (Å²) < 4.78 is 16.9. The van der Waals surface area contributed by atoms with Crippen LogP contribution in [-0.4, -0.2) is 53.9 Å². The lowest BCUT2D eigenvalue weighted by Gasteiger charge is -2.32. The number of ether oxygens (including phenoxy) is 3. The summed E-state index contributed by atoms with van der Waals surface area (Å²) in [6.45, 7) is 6.91. The Bertz CT molecular complexity index is 921. The molecule has 1 saturated carbocycles. The molecule has 1 heterocycles. The number of esters is 2. The van der Waals surface area contributed by atoms with Gasteiger partial charge in [-0.15, -0.1) is 0 Å². The first-order valence-electron chi connectivity index (χ1n) is 12.6. The Morgan fingerprint density at radius 3 is 2.39 bits per heavy atom. The predicted octanol–water partition coefficient (Wildman–Crippen LogP) is 5.25. The maximum atomic E-state index is 13.9. The second kappa shape index (κ2) is 14.0. The van der Waals surface area contributed by atoms with Gasteiger partial charge < -0.3 is 14.2 Å². The Balaban J connectivity index is 2.38. The minimum atomic E-state index is -2.17. The molecule has 0 spiro atoms. The van der Waals surface area contributed by atoms with Crippen molar-refractivity contribution in [3.8, 4) is 0 Å². The third-order valence-corrected chi connectivity index (χ3v) is 6.56. The third kappa shape index (κ3) is 8.76. The van der Waals surface area contributed by atoms with Crippen molar-refractivity contribution in [3.05, 3.63) is 28.5 Å². The van der Waals surface area contributed by atoms with E-state index in [0.717, 1.165) is 25.7 Å². The second-order valence-electron chi connectivity index (χ2n) is 10.2. The summed E-state index contributed by atoms with van der Waals surface area (Å²) in [5.41, 5.74) is -3.02. The van der Waals surface area contributed by atoms with Crippen LogP contribution in [0.3, 0.4) is 0 Å². The number of aromatic nitrogens is 1. The molecule has 0 radical (unpaired) electrons. The normalized spacial score (nSPS) is 16.1. The van der Waals surface area contributed by atoms with Crippen LogP contribution < -0.4 is 0 Å². The number of Topliss-reactive ketones (excluding diaryl/α,β-unsaturated/α-hetero) is 2. The lowest BCUT2D eigenvalue weighted by Crippen LogP contribution is -2.51. The van der Waals surface area contributed by atoms with Crippen LogP contribution in [0.1, 0.15) is 89.4 Å². The van der Waals surface area contributed by atoms with E-state index < -0.39 is 41.1 Å². The number of halogens is 1. The standard InChI is InChI=1S/C27H38BrNO7/c1-5-35-23(31)12-9-13-27(25(33)36-26(2,3)4,24(32)20-14-21(28)16-29-15-20)22(30)18-34-17-19-10-7-6-8-11-19/h14-16,19H,5-13,17-18H2,1-4H3. The zero-order valence-electron chi connectivity index (χ0n) is 21.8. The van der Waals surface area contributed by atoms with E-state index in [9.17, 15) is 19.2 Å². The molecule has 1 aliphatic rings. The monoisotopic (exact) mass is 567 g/mol. The highest BCUT2D eigenvalue weighted by atomic mass is 79.9. The van der Waals surface area contributed by atoms with Crippen LogP contribution in [0.25, 0.3) is 0 Å². The Morgan fingerprint density at radius 2 is 1.78 bits per heavy atom. The van der Waals surface area contributed by atoms with Crippen LogP contribution in [-0.2, 0) is 28.6 Å². The lowest BCUT2D eigenvalue weighted by atomic mass is 9.73. The number of hydrogen-bond donors (Lipinski definition) is 0. The average Bonchev–Trinajstić information content (AvgIpc) is 2.81. The van der Waals surface area contributed by atoms with Gasteiger partial charge in [-0.1, -0.05) is 19.3 Å². The summed E-state index contributed by atoms with van der Waals surface area (Å²) in [4.78, 5) is 57.3. The number of carbonyl (C=O) groups excluding carboxylic acids is 4. The molecule has 0 aromatic carbocycles. The Labute approximate surface area is 222 Å². The van der Waals surface area contributed by atoms with E-state index in [1.165, 1.54) is 24.9 Å². The zero-order valence-corrected chi connectivity index (χ0v) is 23.4. The topological polar surface area (TPSA) is 109 Å². The molecular formula is C27H38BrNO7. The van der Waals surface area contributed by atoms with Crippen molar-refractivity contribution < 1.29 is 33.4 Å². The molecule has 0 bridgehead atoms. The molecule has 0 amide bonds. The molecule has 1 atom stereocenters. The molecule has 0 saturated heterocycles. The summed E-state index contributed by atoms with van der Waals surface area (Å²) >= 11 is 3.29. The van der Waals surface area contributed by atoms with Gasteiger partial charge in [-0.2, -0.15) is 0 Å². The van der Waals surface area contributed by atoms with Gasteiger partial charge in [-0.3, -0.25) is 24.2 Å². The fourth-order valence-corrected chi connectivity index (χ4v) is 4.73. The van der Waals surface area contributed by atoms with Gasteiger partial charge >= 0.3 is 11.9 Å². The molecule has 36 heavy (non-hydrogen) atoms. The molecule has 200 valence electrons. The maximum Gasteiger partial charge on any atom is 0.328 e. The fraction of sp³-hybridized carbons (Fsp3) is 0.667. The van der Waals surface area contributed by atoms with Crippen LogP contribution in [0, 0.1) is 11.3 Å². The molecule has 0 N–H and O–H groups in total. The Hall–Kier alpha value is -2.13. The smallest absolute Gasteiger partial charge is 0.328 e. The first-order valence-corrected chi connectivity index (χ1v) is 13.4. The minimum Gasteiger partial charge on any atom is -0.466 e. The van der Waals surface area contributed by atoms with Gasteiger partial charge in [-0.25, -0.2) is 0 Å². The van der Waals surface area contributed by atoms with Crippen LogP contribution >= 0.6 is 15.9 Å². The van der Waals surface area contributed by atoms with Gasteiger partial charge in [0, 0.05) is 35.5 Å². The highest BCUT2D eigenvalue weighted by Gasteiger charge is 2.54. The summed E-state index contributed by atoms with van der Waals surface area (Å²) in [5, 5.41) is 0. The van der Waals surface area contributed by atoms with E-state index in [0.29, 0.717) is 17.0 Å². The van der Waals surface area contributed by atoms with Crippen LogP contribution in [0.5, 0.6) is 0 Å². The van der Waals surface area contributed by atoms with Crippen molar-refractivity contribution in [3.63, 3.8) is 0 Å². The Kier molecular flexibility index (Phi) is 11.7. The summed E-state index contributed by atoms with van der Waals surface area (Å²) in [5.74, 6) is -2.46. The molecule has 9 heteroatoms. The second-order valence-corrected chi connectivity index (χ2v) is 11.1.